The molecule has 0 saturated carbocycles. The van der Waals surface area contributed by atoms with Gasteiger partial charge in [0.15, 0.2) is 0 Å². The van der Waals surface area contributed by atoms with Gasteiger partial charge in [0.05, 0.1) is 31.9 Å². The summed E-state index contributed by atoms with van der Waals surface area (Å²) in [7, 11) is 0. The molecule has 2 aliphatic heterocycles. The van der Waals surface area contributed by atoms with Gasteiger partial charge < -0.3 is 25.4 Å². The molecule has 1 fully saturated rings. The fourth-order valence-corrected chi connectivity index (χ4v) is 2.38. The molecule has 1 aromatic heterocycles. The number of aromatic nitrogens is 2. The van der Waals surface area contributed by atoms with Crippen LogP contribution in [0.3, 0.4) is 0 Å². The van der Waals surface area contributed by atoms with E-state index >= 15 is 0 Å². The zero-order chi connectivity index (χ0) is 13.4. The predicted molar refractivity (Wildman–Crippen MR) is 65.8 cm³/mol. The molecule has 3 rings (SSSR count). The number of rotatable bonds is 2. The van der Waals surface area contributed by atoms with Gasteiger partial charge in [0.2, 0.25) is 0 Å². The van der Waals surface area contributed by atoms with Gasteiger partial charge in [-0.3, -0.25) is 9.56 Å². The summed E-state index contributed by atoms with van der Waals surface area (Å²) in [6.07, 6.45) is 0.935. The lowest BCUT2D eigenvalue weighted by Crippen LogP contribution is -2.24. The van der Waals surface area contributed by atoms with Crippen molar-refractivity contribution in [3.8, 4) is 0 Å². The smallest absolute Gasteiger partial charge is 0.139 e. The summed E-state index contributed by atoms with van der Waals surface area (Å²) in [5.41, 5.74) is 0.503. The third kappa shape index (κ3) is 2.12. The first kappa shape index (κ1) is 12.5. The fourth-order valence-electron chi connectivity index (χ4n) is 2.38. The van der Waals surface area contributed by atoms with Crippen LogP contribution in [0, 0.1) is 0 Å². The molecule has 2 aliphatic rings. The van der Waals surface area contributed by atoms with E-state index in [1.165, 1.54) is 6.34 Å². The van der Waals surface area contributed by atoms with Gasteiger partial charge in [-0.25, -0.2) is 4.98 Å². The summed E-state index contributed by atoms with van der Waals surface area (Å²) < 4.78 is 7.27. The zero-order valence-corrected chi connectivity index (χ0v) is 10.2. The number of hydrogen-bond acceptors (Lipinski definition) is 7. The van der Waals surface area contributed by atoms with Crippen molar-refractivity contribution in [1.82, 2.24) is 9.55 Å². The maximum atomic E-state index is 9.89. The molecule has 4 atom stereocenters. The van der Waals surface area contributed by atoms with Gasteiger partial charge in [-0.15, -0.1) is 0 Å². The summed E-state index contributed by atoms with van der Waals surface area (Å²) in [6, 6.07) is 0. The van der Waals surface area contributed by atoms with E-state index in [0.29, 0.717) is 17.9 Å². The summed E-state index contributed by atoms with van der Waals surface area (Å²) >= 11 is 0. The largest absolute Gasteiger partial charge is 0.394 e. The van der Waals surface area contributed by atoms with Crippen molar-refractivity contribution >= 4 is 12.2 Å². The Morgan fingerprint density at radius 2 is 2.32 bits per heavy atom. The topological polar surface area (TPSA) is 112 Å². The van der Waals surface area contributed by atoms with E-state index in [1.54, 1.807) is 10.9 Å². The van der Waals surface area contributed by atoms with Crippen LogP contribution in [0.2, 0.25) is 0 Å². The number of ether oxygens (including phenoxy) is 1. The van der Waals surface area contributed by atoms with Crippen LogP contribution in [-0.2, 0) is 4.74 Å². The van der Waals surface area contributed by atoms with E-state index in [9.17, 15) is 10.2 Å². The number of hydrogen-bond donors (Lipinski definition) is 4. The quantitative estimate of drug-likeness (QED) is 0.548. The minimum absolute atomic E-state index is 0.230. The molecule has 1 aromatic rings. The number of fused-ring (bicyclic) bond motifs is 1. The first-order valence-corrected chi connectivity index (χ1v) is 6.14. The Morgan fingerprint density at radius 1 is 1.47 bits per heavy atom. The van der Waals surface area contributed by atoms with Gasteiger partial charge in [-0.1, -0.05) is 0 Å². The van der Waals surface area contributed by atoms with E-state index in [-0.39, 0.29) is 13.2 Å². The van der Waals surface area contributed by atoms with Crippen LogP contribution in [0.25, 0.3) is 0 Å². The van der Waals surface area contributed by atoms with E-state index in [1.807, 2.05) is 0 Å². The Balaban J connectivity index is 1.89. The van der Waals surface area contributed by atoms with E-state index in [4.69, 9.17) is 9.84 Å². The predicted octanol–water partition coefficient (Wildman–Crippen LogP) is -0.989. The Kier molecular flexibility index (Phi) is 3.23. The van der Waals surface area contributed by atoms with E-state index < -0.39 is 24.5 Å². The lowest BCUT2D eigenvalue weighted by Gasteiger charge is -2.16. The summed E-state index contributed by atoms with van der Waals surface area (Å²) in [5, 5.41) is 31.7. The van der Waals surface area contributed by atoms with Crippen molar-refractivity contribution in [3.05, 3.63) is 12.0 Å². The van der Waals surface area contributed by atoms with Crippen molar-refractivity contribution in [1.29, 1.82) is 0 Å². The first-order chi connectivity index (χ1) is 9.20. The Bertz CT molecular complexity index is 489. The van der Waals surface area contributed by atoms with Crippen LogP contribution in [0.1, 0.15) is 24.4 Å². The van der Waals surface area contributed by atoms with Crippen molar-refractivity contribution in [2.24, 2.45) is 4.99 Å². The second-order valence-electron chi connectivity index (χ2n) is 4.65. The number of anilines is 1. The molecule has 0 aliphatic carbocycles. The molecular formula is C11H16N4O4. The summed E-state index contributed by atoms with van der Waals surface area (Å²) in [5.74, 6) is 0.601. The molecule has 3 heterocycles. The maximum absolute atomic E-state index is 9.89. The third-order valence-corrected chi connectivity index (χ3v) is 3.40. The van der Waals surface area contributed by atoms with Crippen molar-refractivity contribution in [2.75, 3.05) is 18.5 Å². The lowest BCUT2D eigenvalue weighted by molar-refractivity contribution is -0.0437. The molecule has 0 radical (unpaired) electrons. The van der Waals surface area contributed by atoms with Crippen LogP contribution in [0.15, 0.2) is 11.3 Å². The van der Waals surface area contributed by atoms with Gasteiger partial charge in [0.1, 0.15) is 29.9 Å². The minimum Gasteiger partial charge on any atom is -0.394 e. The average molecular weight is 268 g/mol. The number of aliphatic hydroxyl groups is 3. The zero-order valence-electron chi connectivity index (χ0n) is 10.2. The maximum Gasteiger partial charge on any atom is 0.139 e. The fraction of sp³-hybridized carbons (Fsp3) is 0.636. The van der Waals surface area contributed by atoms with Crippen molar-refractivity contribution in [2.45, 2.75) is 31.0 Å². The Labute approximate surface area is 109 Å². The molecule has 0 amide bonds. The van der Waals surface area contributed by atoms with Crippen LogP contribution in [-0.4, -0.2) is 56.6 Å². The Morgan fingerprint density at radius 3 is 3.05 bits per heavy atom. The monoisotopic (exact) mass is 268 g/mol. The average Bonchev–Trinajstić information content (AvgIpc) is 2.93. The molecule has 4 N–H and O–H groups in total. The molecule has 0 bridgehead atoms. The normalized spacial score (nSPS) is 33.8. The third-order valence-electron chi connectivity index (χ3n) is 3.40. The second-order valence-corrected chi connectivity index (χ2v) is 4.65. The highest BCUT2D eigenvalue weighted by atomic mass is 16.5. The first-order valence-electron chi connectivity index (χ1n) is 6.14. The van der Waals surface area contributed by atoms with Gasteiger partial charge >= 0.3 is 0 Å². The molecule has 8 nitrogen and oxygen atoms in total. The SMILES string of the molecule is OC[C@H]1O[C@@H](n2cnc3c2NC=NC[C@H]3O)CC1O. The van der Waals surface area contributed by atoms with E-state index in [2.05, 4.69) is 15.3 Å². The number of aliphatic hydroxyl groups excluding tert-OH is 3. The second kappa shape index (κ2) is 4.89. The molecule has 1 saturated heterocycles. The van der Waals surface area contributed by atoms with Crippen molar-refractivity contribution in [3.63, 3.8) is 0 Å². The van der Waals surface area contributed by atoms with Gasteiger partial charge in [-0.05, 0) is 0 Å². The highest BCUT2D eigenvalue weighted by molar-refractivity contribution is 5.76. The van der Waals surface area contributed by atoms with Gasteiger partial charge in [0, 0.05) is 6.42 Å². The van der Waals surface area contributed by atoms with Crippen LogP contribution in [0.4, 0.5) is 5.82 Å². The number of nitrogens with one attached hydrogen (secondary N) is 1. The molecule has 0 spiro atoms. The van der Waals surface area contributed by atoms with Gasteiger partial charge in [0.25, 0.3) is 0 Å². The lowest BCUT2D eigenvalue weighted by atomic mass is 10.2. The van der Waals surface area contributed by atoms with Gasteiger partial charge in [-0.2, -0.15) is 0 Å². The number of nitrogens with zero attached hydrogens (tertiary/aromatic N) is 3. The van der Waals surface area contributed by atoms with Crippen LogP contribution in [0.5, 0.6) is 0 Å². The highest BCUT2D eigenvalue weighted by Crippen LogP contribution is 2.34. The minimum atomic E-state index is -0.762. The molecule has 8 heteroatoms. The van der Waals surface area contributed by atoms with Crippen LogP contribution >= 0.6 is 0 Å². The van der Waals surface area contributed by atoms with Crippen molar-refractivity contribution < 1.29 is 20.1 Å². The molecule has 0 aromatic carbocycles. The molecule has 104 valence electrons. The highest BCUT2D eigenvalue weighted by Gasteiger charge is 2.36. The van der Waals surface area contributed by atoms with E-state index in [0.717, 1.165) is 0 Å². The van der Waals surface area contributed by atoms with Crippen LogP contribution < -0.4 is 5.32 Å². The standard InChI is InChI=1S/C11H16N4O4/c16-3-8-6(17)1-9(19-8)15-5-14-10-7(18)2-12-4-13-11(10)15/h4-9,16-18H,1-3H2,(H,12,13)/t6?,7-,8-,9-/m1/s1. The summed E-state index contributed by atoms with van der Waals surface area (Å²) in [4.78, 5) is 8.15. The molecule has 19 heavy (non-hydrogen) atoms. The number of aliphatic imine (C=N–C) groups is 1. The Hall–Kier alpha value is -1.48. The molecule has 1 unspecified atom stereocenters. The molecular weight excluding hydrogens is 252 g/mol. The number of imidazole rings is 1. The summed E-state index contributed by atoms with van der Waals surface area (Å²) in [6.45, 7) is 0.0243.